The van der Waals surface area contributed by atoms with Crippen LogP contribution >= 0.6 is 0 Å². The molecule has 1 amide bonds. The Hall–Kier alpha value is -2.09. The highest BCUT2D eigenvalue weighted by molar-refractivity contribution is 5.95. The van der Waals surface area contributed by atoms with Crippen molar-refractivity contribution < 1.29 is 4.79 Å². The third-order valence-corrected chi connectivity index (χ3v) is 3.22. The summed E-state index contributed by atoms with van der Waals surface area (Å²) in [7, 11) is 0. The maximum absolute atomic E-state index is 12.4. The maximum Gasteiger partial charge on any atom is 0.231 e. The molecular weight excluding hydrogens is 234 g/mol. The summed E-state index contributed by atoms with van der Waals surface area (Å²) in [5.74, 6) is 0.142. The van der Waals surface area contributed by atoms with Crippen molar-refractivity contribution in [2.75, 3.05) is 11.4 Å². The Balaban J connectivity index is 2.19. The Kier molecular flexibility index (Phi) is 4.35. The first-order valence-electron chi connectivity index (χ1n) is 6.62. The molecule has 2 aromatic rings. The SMILES string of the molecule is CCN(C(=O)Cc1ccccc1)c1ccccc1C. The molecule has 0 atom stereocenters. The summed E-state index contributed by atoms with van der Waals surface area (Å²) in [5, 5.41) is 0. The molecule has 0 aliphatic carbocycles. The van der Waals surface area contributed by atoms with Crippen LogP contribution in [0.2, 0.25) is 0 Å². The quantitative estimate of drug-likeness (QED) is 0.815. The van der Waals surface area contributed by atoms with Crippen molar-refractivity contribution in [3.8, 4) is 0 Å². The predicted molar refractivity (Wildman–Crippen MR) is 79.4 cm³/mol. The standard InChI is InChI=1S/C17H19NO/c1-3-18(16-12-8-7-9-14(16)2)17(19)13-15-10-5-4-6-11-15/h4-12H,3,13H2,1-2H3. The van der Waals surface area contributed by atoms with Crippen LogP contribution in [0.5, 0.6) is 0 Å². The van der Waals surface area contributed by atoms with Crippen LogP contribution in [-0.2, 0) is 11.2 Å². The highest BCUT2D eigenvalue weighted by atomic mass is 16.2. The van der Waals surface area contributed by atoms with Crippen molar-refractivity contribution in [3.63, 3.8) is 0 Å². The van der Waals surface area contributed by atoms with E-state index in [0.717, 1.165) is 16.8 Å². The number of likely N-dealkylation sites (N-methyl/N-ethyl adjacent to an activating group) is 1. The van der Waals surface area contributed by atoms with E-state index in [0.29, 0.717) is 13.0 Å². The van der Waals surface area contributed by atoms with Gasteiger partial charge in [0.15, 0.2) is 0 Å². The van der Waals surface area contributed by atoms with Crippen molar-refractivity contribution in [3.05, 3.63) is 65.7 Å². The Morgan fingerprint density at radius 3 is 2.26 bits per heavy atom. The predicted octanol–water partition coefficient (Wildman–Crippen LogP) is 3.59. The smallest absolute Gasteiger partial charge is 0.231 e. The number of carbonyl (C=O) groups is 1. The average Bonchev–Trinajstić information content (AvgIpc) is 2.43. The lowest BCUT2D eigenvalue weighted by Crippen LogP contribution is -2.32. The van der Waals surface area contributed by atoms with Gasteiger partial charge in [-0.15, -0.1) is 0 Å². The molecule has 0 aliphatic rings. The lowest BCUT2D eigenvalue weighted by Gasteiger charge is -2.23. The van der Waals surface area contributed by atoms with Crippen LogP contribution < -0.4 is 4.90 Å². The topological polar surface area (TPSA) is 20.3 Å². The lowest BCUT2D eigenvalue weighted by atomic mass is 10.1. The van der Waals surface area contributed by atoms with Gasteiger partial charge < -0.3 is 4.90 Å². The molecule has 0 unspecified atom stereocenters. The molecule has 0 aliphatic heterocycles. The van der Waals surface area contributed by atoms with Crippen molar-refractivity contribution in [2.45, 2.75) is 20.3 Å². The van der Waals surface area contributed by atoms with Gasteiger partial charge in [0.1, 0.15) is 0 Å². The highest BCUT2D eigenvalue weighted by Crippen LogP contribution is 2.20. The molecule has 0 heterocycles. The number of anilines is 1. The molecule has 98 valence electrons. The highest BCUT2D eigenvalue weighted by Gasteiger charge is 2.15. The van der Waals surface area contributed by atoms with Crippen LogP contribution in [0.3, 0.4) is 0 Å². The average molecular weight is 253 g/mol. The molecule has 0 radical (unpaired) electrons. The van der Waals surface area contributed by atoms with E-state index in [1.165, 1.54) is 0 Å². The molecule has 0 aromatic heterocycles. The summed E-state index contributed by atoms with van der Waals surface area (Å²) < 4.78 is 0. The van der Waals surface area contributed by atoms with E-state index in [4.69, 9.17) is 0 Å². The molecule has 0 saturated carbocycles. The number of benzene rings is 2. The molecule has 0 spiro atoms. The summed E-state index contributed by atoms with van der Waals surface area (Å²) in [6.07, 6.45) is 0.447. The van der Waals surface area contributed by atoms with Gasteiger partial charge in [-0.2, -0.15) is 0 Å². The Labute approximate surface area is 114 Å². The summed E-state index contributed by atoms with van der Waals surface area (Å²) in [5.41, 5.74) is 3.19. The third kappa shape index (κ3) is 3.22. The van der Waals surface area contributed by atoms with Crippen LogP contribution in [0, 0.1) is 6.92 Å². The van der Waals surface area contributed by atoms with Crippen LogP contribution in [0.15, 0.2) is 54.6 Å². The fourth-order valence-electron chi connectivity index (χ4n) is 2.21. The minimum atomic E-state index is 0.142. The van der Waals surface area contributed by atoms with Crippen molar-refractivity contribution in [1.82, 2.24) is 0 Å². The van der Waals surface area contributed by atoms with E-state index in [1.54, 1.807) is 0 Å². The van der Waals surface area contributed by atoms with E-state index in [2.05, 4.69) is 0 Å². The number of aryl methyl sites for hydroxylation is 1. The van der Waals surface area contributed by atoms with Crippen LogP contribution in [0.25, 0.3) is 0 Å². The van der Waals surface area contributed by atoms with E-state index < -0.39 is 0 Å². The van der Waals surface area contributed by atoms with E-state index in [-0.39, 0.29) is 5.91 Å². The Morgan fingerprint density at radius 2 is 1.63 bits per heavy atom. The van der Waals surface area contributed by atoms with E-state index in [9.17, 15) is 4.79 Å². The molecule has 2 aromatic carbocycles. The summed E-state index contributed by atoms with van der Waals surface area (Å²) in [4.78, 5) is 14.3. The summed E-state index contributed by atoms with van der Waals surface area (Å²) in [6, 6.07) is 17.9. The van der Waals surface area contributed by atoms with Gasteiger partial charge >= 0.3 is 0 Å². The number of rotatable bonds is 4. The van der Waals surface area contributed by atoms with Crippen LogP contribution in [-0.4, -0.2) is 12.5 Å². The van der Waals surface area contributed by atoms with Gasteiger partial charge in [0.05, 0.1) is 6.42 Å². The van der Waals surface area contributed by atoms with Crippen molar-refractivity contribution >= 4 is 11.6 Å². The number of para-hydroxylation sites is 1. The summed E-state index contributed by atoms with van der Waals surface area (Å²) in [6.45, 7) is 4.74. The first-order valence-corrected chi connectivity index (χ1v) is 6.62. The van der Waals surface area contributed by atoms with E-state index in [1.807, 2.05) is 73.3 Å². The number of hydrogen-bond acceptors (Lipinski definition) is 1. The minimum absolute atomic E-state index is 0.142. The molecule has 0 fully saturated rings. The molecule has 2 heteroatoms. The zero-order chi connectivity index (χ0) is 13.7. The van der Waals surface area contributed by atoms with Crippen molar-refractivity contribution in [1.29, 1.82) is 0 Å². The Morgan fingerprint density at radius 1 is 1.00 bits per heavy atom. The second-order valence-corrected chi connectivity index (χ2v) is 4.59. The van der Waals surface area contributed by atoms with Crippen LogP contribution in [0.4, 0.5) is 5.69 Å². The first-order chi connectivity index (χ1) is 9.22. The zero-order valence-electron chi connectivity index (χ0n) is 11.5. The molecule has 0 bridgehead atoms. The van der Waals surface area contributed by atoms with Gasteiger partial charge in [0.25, 0.3) is 0 Å². The van der Waals surface area contributed by atoms with Crippen molar-refractivity contribution in [2.24, 2.45) is 0 Å². The van der Waals surface area contributed by atoms with Gasteiger partial charge in [0, 0.05) is 12.2 Å². The first kappa shape index (κ1) is 13.3. The van der Waals surface area contributed by atoms with Gasteiger partial charge in [-0.25, -0.2) is 0 Å². The zero-order valence-corrected chi connectivity index (χ0v) is 11.5. The third-order valence-electron chi connectivity index (χ3n) is 3.22. The number of amides is 1. The number of hydrogen-bond donors (Lipinski definition) is 0. The molecule has 2 nitrogen and oxygen atoms in total. The molecular formula is C17H19NO. The second-order valence-electron chi connectivity index (χ2n) is 4.59. The van der Waals surface area contributed by atoms with Gasteiger partial charge in [-0.05, 0) is 31.0 Å². The lowest BCUT2D eigenvalue weighted by molar-refractivity contribution is -0.117. The molecule has 19 heavy (non-hydrogen) atoms. The minimum Gasteiger partial charge on any atom is -0.312 e. The fourth-order valence-corrected chi connectivity index (χ4v) is 2.21. The second kappa shape index (κ2) is 6.19. The monoisotopic (exact) mass is 253 g/mol. The fraction of sp³-hybridized carbons (Fsp3) is 0.235. The normalized spacial score (nSPS) is 10.2. The number of carbonyl (C=O) groups excluding carboxylic acids is 1. The molecule has 0 saturated heterocycles. The number of nitrogens with zero attached hydrogens (tertiary/aromatic N) is 1. The van der Waals surface area contributed by atoms with Gasteiger partial charge in [0.2, 0.25) is 5.91 Å². The van der Waals surface area contributed by atoms with Crippen LogP contribution in [0.1, 0.15) is 18.1 Å². The summed E-state index contributed by atoms with van der Waals surface area (Å²) >= 11 is 0. The van der Waals surface area contributed by atoms with E-state index >= 15 is 0 Å². The van der Waals surface area contributed by atoms with Gasteiger partial charge in [-0.3, -0.25) is 4.79 Å². The Bertz CT molecular complexity index is 548. The molecule has 0 N–H and O–H groups in total. The largest absolute Gasteiger partial charge is 0.312 e. The van der Waals surface area contributed by atoms with Gasteiger partial charge in [-0.1, -0.05) is 48.5 Å². The maximum atomic E-state index is 12.4. The molecule has 2 rings (SSSR count).